The van der Waals surface area contributed by atoms with Gasteiger partial charge in [0.25, 0.3) is 5.69 Å². The molecule has 0 saturated heterocycles. The molecule has 9 heteroatoms. The Kier molecular flexibility index (Phi) is 4.25. The molecule has 3 rings (SSSR count). The number of rotatable bonds is 4. The third-order valence-corrected chi connectivity index (χ3v) is 5.19. The van der Waals surface area contributed by atoms with Gasteiger partial charge in [0.05, 0.1) is 4.92 Å². The molecule has 134 valence electrons. The van der Waals surface area contributed by atoms with Crippen molar-refractivity contribution in [1.29, 1.82) is 0 Å². The van der Waals surface area contributed by atoms with E-state index in [0.29, 0.717) is 10.9 Å². The van der Waals surface area contributed by atoms with E-state index in [1.54, 1.807) is 19.9 Å². The number of hydrogen-bond donors (Lipinski definition) is 0. The Balaban J connectivity index is 2.02. The molecule has 0 spiro atoms. The van der Waals surface area contributed by atoms with E-state index < -0.39 is 20.7 Å². The fourth-order valence-corrected chi connectivity index (χ4v) is 3.37. The lowest BCUT2D eigenvalue weighted by Gasteiger charge is -2.09. The van der Waals surface area contributed by atoms with Crippen molar-refractivity contribution in [3.8, 4) is 5.75 Å². The second-order valence-electron chi connectivity index (χ2n) is 5.59. The summed E-state index contributed by atoms with van der Waals surface area (Å²) in [5, 5.41) is 11.5. The standard InChI is InChI=1S/C17H13NO7S/c1-10-11(2)17(19)24-16-9-13(6-7-15(10)16)25-26(22,23)14-5-3-4-12(8-14)18(20)21/h3-9H,1-2H3. The maximum Gasteiger partial charge on any atom is 0.339 e. The van der Waals surface area contributed by atoms with Crippen molar-refractivity contribution in [2.75, 3.05) is 0 Å². The van der Waals surface area contributed by atoms with E-state index in [1.165, 1.54) is 30.3 Å². The molecular weight excluding hydrogens is 362 g/mol. The van der Waals surface area contributed by atoms with Gasteiger partial charge in [-0.1, -0.05) is 6.07 Å². The lowest BCUT2D eigenvalue weighted by Crippen LogP contribution is -2.10. The first-order valence-electron chi connectivity index (χ1n) is 7.42. The van der Waals surface area contributed by atoms with E-state index >= 15 is 0 Å². The van der Waals surface area contributed by atoms with Gasteiger partial charge < -0.3 is 8.60 Å². The Bertz CT molecular complexity index is 1200. The van der Waals surface area contributed by atoms with Crippen LogP contribution in [-0.4, -0.2) is 13.3 Å². The van der Waals surface area contributed by atoms with Crippen molar-refractivity contribution < 1.29 is 21.9 Å². The van der Waals surface area contributed by atoms with E-state index in [-0.39, 0.29) is 21.9 Å². The van der Waals surface area contributed by atoms with Crippen molar-refractivity contribution in [2.24, 2.45) is 0 Å². The van der Waals surface area contributed by atoms with Crippen LogP contribution >= 0.6 is 0 Å². The van der Waals surface area contributed by atoms with E-state index in [4.69, 9.17) is 8.60 Å². The summed E-state index contributed by atoms with van der Waals surface area (Å²) < 4.78 is 34.9. The SMILES string of the molecule is Cc1c(C)c2ccc(OS(=O)(=O)c3cccc([N+](=O)[O-])c3)cc2oc1=O. The smallest absolute Gasteiger partial charge is 0.339 e. The Morgan fingerprint density at radius 2 is 1.81 bits per heavy atom. The number of nitro benzene ring substituents is 1. The summed E-state index contributed by atoms with van der Waals surface area (Å²) in [5.74, 6) is -0.0737. The zero-order valence-electron chi connectivity index (χ0n) is 13.8. The summed E-state index contributed by atoms with van der Waals surface area (Å²) in [6, 6.07) is 8.82. The van der Waals surface area contributed by atoms with E-state index in [0.717, 1.165) is 11.6 Å². The Morgan fingerprint density at radius 3 is 2.50 bits per heavy atom. The average Bonchev–Trinajstić information content (AvgIpc) is 2.59. The zero-order chi connectivity index (χ0) is 19.1. The van der Waals surface area contributed by atoms with Crippen molar-refractivity contribution in [2.45, 2.75) is 18.7 Å². The average molecular weight is 375 g/mol. The number of fused-ring (bicyclic) bond motifs is 1. The molecule has 0 atom stereocenters. The molecule has 0 fully saturated rings. The topological polar surface area (TPSA) is 117 Å². The van der Waals surface area contributed by atoms with Gasteiger partial charge in [0.15, 0.2) is 0 Å². The van der Waals surface area contributed by atoms with Crippen LogP contribution in [0.4, 0.5) is 5.69 Å². The van der Waals surface area contributed by atoms with Gasteiger partial charge >= 0.3 is 15.7 Å². The maximum absolute atomic E-state index is 12.4. The molecule has 8 nitrogen and oxygen atoms in total. The molecular formula is C17H13NO7S. The minimum atomic E-state index is -4.29. The molecule has 2 aromatic carbocycles. The van der Waals surface area contributed by atoms with Crippen LogP contribution in [-0.2, 0) is 10.1 Å². The van der Waals surface area contributed by atoms with Crippen LogP contribution in [0.1, 0.15) is 11.1 Å². The first-order chi connectivity index (χ1) is 12.2. The first kappa shape index (κ1) is 17.6. The number of non-ortho nitro benzene ring substituents is 1. The monoisotopic (exact) mass is 375 g/mol. The van der Waals surface area contributed by atoms with E-state index in [9.17, 15) is 23.3 Å². The molecule has 26 heavy (non-hydrogen) atoms. The van der Waals surface area contributed by atoms with Gasteiger partial charge in [0.2, 0.25) is 0 Å². The van der Waals surface area contributed by atoms with Crippen LogP contribution < -0.4 is 9.81 Å². The van der Waals surface area contributed by atoms with Gasteiger partial charge in [-0.2, -0.15) is 8.42 Å². The van der Waals surface area contributed by atoms with Crippen LogP contribution in [0.15, 0.2) is 56.6 Å². The molecule has 0 bridgehead atoms. The molecule has 3 aromatic rings. The van der Waals surface area contributed by atoms with Gasteiger partial charge in [-0.25, -0.2) is 4.79 Å². The molecule has 1 aromatic heterocycles. The van der Waals surface area contributed by atoms with E-state index in [2.05, 4.69) is 0 Å². The van der Waals surface area contributed by atoms with Crippen LogP contribution in [0.2, 0.25) is 0 Å². The predicted octanol–water partition coefficient (Wildman–Crippen LogP) is 3.09. The highest BCUT2D eigenvalue weighted by molar-refractivity contribution is 7.87. The number of hydrogen-bond acceptors (Lipinski definition) is 7. The zero-order valence-corrected chi connectivity index (χ0v) is 14.6. The summed E-state index contributed by atoms with van der Waals surface area (Å²) >= 11 is 0. The van der Waals surface area contributed by atoms with Crippen LogP contribution in [0.25, 0.3) is 11.0 Å². The second-order valence-corrected chi connectivity index (χ2v) is 7.14. The van der Waals surface area contributed by atoms with Gasteiger partial charge in [-0.3, -0.25) is 10.1 Å². The predicted molar refractivity (Wildman–Crippen MR) is 92.9 cm³/mol. The second kappa shape index (κ2) is 6.26. The largest absolute Gasteiger partial charge is 0.422 e. The highest BCUT2D eigenvalue weighted by Gasteiger charge is 2.20. The fourth-order valence-electron chi connectivity index (χ4n) is 2.41. The number of nitrogens with zero attached hydrogens (tertiary/aromatic N) is 1. The Labute approximate surface area is 147 Å². The summed E-state index contributed by atoms with van der Waals surface area (Å²) in [7, 11) is -4.29. The van der Waals surface area contributed by atoms with Gasteiger partial charge in [0, 0.05) is 29.1 Å². The van der Waals surface area contributed by atoms with Gasteiger partial charge in [-0.05, 0) is 37.6 Å². The van der Waals surface area contributed by atoms with Crippen molar-refractivity contribution in [1.82, 2.24) is 0 Å². The molecule has 0 unspecified atom stereocenters. The molecule has 0 N–H and O–H groups in total. The molecule has 0 aliphatic heterocycles. The number of aryl methyl sites for hydroxylation is 1. The Morgan fingerprint density at radius 1 is 1.08 bits per heavy atom. The molecule has 0 radical (unpaired) electrons. The molecule has 0 saturated carbocycles. The number of benzene rings is 2. The molecule has 1 heterocycles. The third-order valence-electron chi connectivity index (χ3n) is 3.95. The quantitative estimate of drug-likeness (QED) is 0.298. The van der Waals surface area contributed by atoms with Crippen LogP contribution in [0.5, 0.6) is 5.75 Å². The summed E-state index contributed by atoms with van der Waals surface area (Å²) in [6.45, 7) is 3.40. The van der Waals surface area contributed by atoms with Crippen molar-refractivity contribution in [3.05, 3.63) is 74.1 Å². The number of nitro groups is 1. The maximum atomic E-state index is 12.4. The van der Waals surface area contributed by atoms with Gasteiger partial charge in [0.1, 0.15) is 16.2 Å². The summed E-state index contributed by atoms with van der Waals surface area (Å²) in [6.07, 6.45) is 0. The lowest BCUT2D eigenvalue weighted by atomic mass is 10.1. The van der Waals surface area contributed by atoms with Crippen molar-refractivity contribution in [3.63, 3.8) is 0 Å². The van der Waals surface area contributed by atoms with Crippen LogP contribution in [0, 0.1) is 24.0 Å². The fraction of sp³-hybridized carbons (Fsp3) is 0.118. The summed E-state index contributed by atoms with van der Waals surface area (Å²) in [4.78, 5) is 21.5. The van der Waals surface area contributed by atoms with Crippen LogP contribution in [0.3, 0.4) is 0 Å². The molecule has 0 aliphatic carbocycles. The minimum Gasteiger partial charge on any atom is -0.422 e. The molecule has 0 amide bonds. The summed E-state index contributed by atoms with van der Waals surface area (Å²) in [5.41, 5.74) is 0.489. The lowest BCUT2D eigenvalue weighted by molar-refractivity contribution is -0.385. The highest BCUT2D eigenvalue weighted by atomic mass is 32.2. The normalized spacial score (nSPS) is 11.5. The third kappa shape index (κ3) is 3.16. The first-order valence-corrected chi connectivity index (χ1v) is 8.83. The minimum absolute atomic E-state index is 0.0737. The van der Waals surface area contributed by atoms with Gasteiger partial charge in [-0.15, -0.1) is 0 Å². The highest BCUT2D eigenvalue weighted by Crippen LogP contribution is 2.27. The van der Waals surface area contributed by atoms with Crippen molar-refractivity contribution >= 4 is 26.8 Å². The van der Waals surface area contributed by atoms with E-state index in [1.807, 2.05) is 0 Å². The Hall–Kier alpha value is -3.20. The molecule has 0 aliphatic rings.